The van der Waals surface area contributed by atoms with Gasteiger partial charge in [0.25, 0.3) is 0 Å². The van der Waals surface area contributed by atoms with Crippen molar-refractivity contribution >= 4 is 5.96 Å². The number of para-hydroxylation sites is 1. The highest BCUT2D eigenvalue weighted by atomic mass is 16.5. The second-order valence-corrected chi connectivity index (χ2v) is 7.45. The SMILES string of the molecule is NC(=NCC1COc2ccccc21)NC1CCN(Cc2ccccc2)CC1. The molecule has 0 saturated carbocycles. The van der Waals surface area contributed by atoms with Gasteiger partial charge in [-0.05, 0) is 24.5 Å². The number of rotatable bonds is 5. The molecule has 3 N–H and O–H groups in total. The van der Waals surface area contributed by atoms with Crippen molar-refractivity contribution in [2.24, 2.45) is 10.7 Å². The highest BCUT2D eigenvalue weighted by molar-refractivity contribution is 5.78. The summed E-state index contributed by atoms with van der Waals surface area (Å²) < 4.78 is 5.72. The van der Waals surface area contributed by atoms with Crippen molar-refractivity contribution in [3.05, 3.63) is 65.7 Å². The Labute approximate surface area is 161 Å². The Morgan fingerprint density at radius 1 is 1.07 bits per heavy atom. The predicted molar refractivity (Wildman–Crippen MR) is 109 cm³/mol. The lowest BCUT2D eigenvalue weighted by Gasteiger charge is -2.32. The average molecular weight is 364 g/mol. The van der Waals surface area contributed by atoms with Crippen LogP contribution in [0.1, 0.15) is 29.9 Å². The molecule has 4 rings (SSSR count). The van der Waals surface area contributed by atoms with Crippen LogP contribution in [0.2, 0.25) is 0 Å². The normalized spacial score (nSPS) is 20.9. The van der Waals surface area contributed by atoms with Gasteiger partial charge in [0, 0.05) is 37.2 Å². The van der Waals surface area contributed by atoms with E-state index in [1.165, 1.54) is 11.1 Å². The molecule has 0 aromatic heterocycles. The van der Waals surface area contributed by atoms with Gasteiger partial charge in [-0.3, -0.25) is 9.89 Å². The van der Waals surface area contributed by atoms with Gasteiger partial charge in [0.15, 0.2) is 5.96 Å². The van der Waals surface area contributed by atoms with Crippen molar-refractivity contribution in [2.75, 3.05) is 26.2 Å². The number of ether oxygens (including phenoxy) is 1. The zero-order valence-corrected chi connectivity index (χ0v) is 15.7. The molecule has 0 spiro atoms. The summed E-state index contributed by atoms with van der Waals surface area (Å²) in [6.45, 7) is 4.56. The van der Waals surface area contributed by atoms with E-state index >= 15 is 0 Å². The summed E-state index contributed by atoms with van der Waals surface area (Å²) in [5.74, 6) is 1.84. The van der Waals surface area contributed by atoms with Crippen LogP contribution in [0.5, 0.6) is 5.75 Å². The topological polar surface area (TPSA) is 62.9 Å². The average Bonchev–Trinajstić information content (AvgIpc) is 3.12. The molecule has 2 aliphatic rings. The predicted octanol–water partition coefficient (Wildman–Crippen LogP) is 2.73. The number of benzene rings is 2. The van der Waals surface area contributed by atoms with Crippen molar-refractivity contribution < 1.29 is 4.74 Å². The van der Waals surface area contributed by atoms with Crippen molar-refractivity contribution in [1.82, 2.24) is 10.2 Å². The molecule has 0 amide bonds. The minimum Gasteiger partial charge on any atom is -0.493 e. The number of hydrogen-bond acceptors (Lipinski definition) is 3. The Bertz CT molecular complexity index is 769. The molecule has 2 aliphatic heterocycles. The van der Waals surface area contributed by atoms with Gasteiger partial charge in [-0.25, -0.2) is 0 Å². The molecule has 1 fully saturated rings. The standard InChI is InChI=1S/C22H28N4O/c23-22(24-14-18-16-27-21-9-5-4-8-20(18)21)25-19-10-12-26(13-11-19)15-17-6-2-1-3-7-17/h1-9,18-19H,10-16H2,(H3,23,24,25). The van der Waals surface area contributed by atoms with Crippen LogP contribution < -0.4 is 15.8 Å². The van der Waals surface area contributed by atoms with Crippen molar-refractivity contribution in [2.45, 2.75) is 31.3 Å². The Hall–Kier alpha value is -2.53. The van der Waals surface area contributed by atoms with Crippen molar-refractivity contribution in [3.63, 3.8) is 0 Å². The summed E-state index contributed by atoms with van der Waals surface area (Å²) >= 11 is 0. The number of nitrogens with two attached hydrogens (primary N) is 1. The van der Waals surface area contributed by atoms with Crippen LogP contribution in [0.15, 0.2) is 59.6 Å². The Balaban J connectivity index is 1.23. The maximum Gasteiger partial charge on any atom is 0.188 e. The first-order chi connectivity index (χ1) is 13.3. The number of likely N-dealkylation sites (tertiary alicyclic amines) is 1. The monoisotopic (exact) mass is 364 g/mol. The largest absolute Gasteiger partial charge is 0.493 e. The summed E-state index contributed by atoms with van der Waals surface area (Å²) in [5.41, 5.74) is 8.76. The van der Waals surface area contributed by atoms with Gasteiger partial charge < -0.3 is 15.8 Å². The van der Waals surface area contributed by atoms with Gasteiger partial charge in [-0.15, -0.1) is 0 Å². The highest BCUT2D eigenvalue weighted by Gasteiger charge is 2.24. The number of fused-ring (bicyclic) bond motifs is 1. The molecule has 1 saturated heterocycles. The van der Waals surface area contributed by atoms with Gasteiger partial charge in [-0.1, -0.05) is 48.5 Å². The second kappa shape index (κ2) is 8.44. The summed E-state index contributed by atoms with van der Waals surface area (Å²) in [5, 5.41) is 3.41. The van der Waals surface area contributed by atoms with Gasteiger partial charge in [-0.2, -0.15) is 0 Å². The second-order valence-electron chi connectivity index (χ2n) is 7.45. The third kappa shape index (κ3) is 4.61. The van der Waals surface area contributed by atoms with E-state index in [-0.39, 0.29) is 0 Å². The zero-order chi connectivity index (χ0) is 18.5. The molecule has 0 aliphatic carbocycles. The van der Waals surface area contributed by atoms with E-state index in [0.717, 1.165) is 38.2 Å². The van der Waals surface area contributed by atoms with E-state index < -0.39 is 0 Å². The summed E-state index contributed by atoms with van der Waals surface area (Å²) in [6.07, 6.45) is 2.19. The molecule has 1 unspecified atom stereocenters. The van der Waals surface area contributed by atoms with Crippen LogP contribution in [0.25, 0.3) is 0 Å². The quantitative estimate of drug-likeness (QED) is 0.633. The molecule has 5 heteroatoms. The first-order valence-electron chi connectivity index (χ1n) is 9.82. The van der Waals surface area contributed by atoms with E-state index in [1.807, 2.05) is 12.1 Å². The van der Waals surface area contributed by atoms with Crippen LogP contribution in [-0.2, 0) is 6.54 Å². The molecule has 2 aromatic rings. The molecule has 0 bridgehead atoms. The van der Waals surface area contributed by atoms with E-state index in [9.17, 15) is 0 Å². The van der Waals surface area contributed by atoms with Crippen LogP contribution in [-0.4, -0.2) is 43.1 Å². The van der Waals surface area contributed by atoms with Crippen LogP contribution in [0.4, 0.5) is 0 Å². The fraction of sp³-hybridized carbons (Fsp3) is 0.409. The summed E-state index contributed by atoms with van der Waals surface area (Å²) in [4.78, 5) is 7.08. The number of hydrogen-bond donors (Lipinski definition) is 2. The third-order valence-corrected chi connectivity index (χ3v) is 5.47. The number of nitrogens with one attached hydrogen (secondary N) is 1. The lowest BCUT2D eigenvalue weighted by atomic mass is 10.0. The number of guanidine groups is 1. The van der Waals surface area contributed by atoms with E-state index in [2.05, 4.69) is 57.7 Å². The third-order valence-electron chi connectivity index (χ3n) is 5.47. The number of piperidine rings is 1. The molecule has 1 atom stereocenters. The minimum absolute atomic E-state index is 0.300. The summed E-state index contributed by atoms with van der Waals surface area (Å²) in [7, 11) is 0. The lowest BCUT2D eigenvalue weighted by molar-refractivity contribution is 0.199. The zero-order valence-electron chi connectivity index (χ0n) is 15.7. The Kier molecular flexibility index (Phi) is 5.58. The van der Waals surface area contributed by atoms with E-state index in [1.54, 1.807) is 0 Å². The molecule has 142 valence electrons. The molecule has 27 heavy (non-hydrogen) atoms. The molecular formula is C22H28N4O. The molecular weight excluding hydrogens is 336 g/mol. The molecule has 0 radical (unpaired) electrons. The van der Waals surface area contributed by atoms with Crippen molar-refractivity contribution in [3.8, 4) is 5.75 Å². The van der Waals surface area contributed by atoms with E-state index in [4.69, 9.17) is 10.5 Å². The van der Waals surface area contributed by atoms with Gasteiger partial charge in [0.2, 0.25) is 0 Å². The first-order valence-corrected chi connectivity index (χ1v) is 9.82. The van der Waals surface area contributed by atoms with Crippen LogP contribution in [0.3, 0.4) is 0 Å². The molecule has 2 aromatic carbocycles. The van der Waals surface area contributed by atoms with Gasteiger partial charge in [0.05, 0.1) is 13.2 Å². The first kappa shape index (κ1) is 17.9. The maximum atomic E-state index is 6.15. The Morgan fingerprint density at radius 3 is 2.63 bits per heavy atom. The Morgan fingerprint density at radius 2 is 1.81 bits per heavy atom. The fourth-order valence-electron chi connectivity index (χ4n) is 3.92. The highest BCUT2D eigenvalue weighted by Crippen LogP contribution is 2.33. The summed E-state index contributed by atoms with van der Waals surface area (Å²) in [6, 6.07) is 19.3. The lowest BCUT2D eigenvalue weighted by Crippen LogP contribution is -2.47. The van der Waals surface area contributed by atoms with Crippen molar-refractivity contribution in [1.29, 1.82) is 0 Å². The van der Waals surface area contributed by atoms with Crippen LogP contribution >= 0.6 is 0 Å². The van der Waals surface area contributed by atoms with Gasteiger partial charge >= 0.3 is 0 Å². The van der Waals surface area contributed by atoms with E-state index in [0.29, 0.717) is 31.1 Å². The minimum atomic E-state index is 0.300. The fourth-order valence-corrected chi connectivity index (χ4v) is 3.92. The smallest absolute Gasteiger partial charge is 0.188 e. The number of nitrogens with zero attached hydrogens (tertiary/aromatic N) is 2. The van der Waals surface area contributed by atoms with Crippen LogP contribution in [0, 0.1) is 0 Å². The molecule has 2 heterocycles. The molecule has 5 nitrogen and oxygen atoms in total. The number of aliphatic imine (C=N–C) groups is 1. The van der Waals surface area contributed by atoms with Gasteiger partial charge in [0.1, 0.15) is 5.75 Å². The maximum absolute atomic E-state index is 6.15.